The maximum absolute atomic E-state index is 12.8. The first-order valence-corrected chi connectivity index (χ1v) is 7.25. The van der Waals surface area contributed by atoms with Gasteiger partial charge in [0, 0.05) is 0 Å². The summed E-state index contributed by atoms with van der Waals surface area (Å²) in [7, 11) is 0. The number of rotatable bonds is 3. The van der Waals surface area contributed by atoms with Gasteiger partial charge in [-0.15, -0.1) is 0 Å². The lowest BCUT2D eigenvalue weighted by Crippen LogP contribution is -2.37. The van der Waals surface area contributed by atoms with Gasteiger partial charge in [-0.25, -0.2) is 9.36 Å². The molecule has 144 valence electrons. The van der Waals surface area contributed by atoms with Crippen LogP contribution in [0.3, 0.4) is 0 Å². The summed E-state index contributed by atoms with van der Waals surface area (Å²) in [4.78, 5) is 30.2. The number of alkyl halides is 3. The summed E-state index contributed by atoms with van der Waals surface area (Å²) < 4.78 is 44.2. The number of fused-ring (bicyclic) bond motifs is 1. The Labute approximate surface area is 141 Å². The number of nitrogens with two attached hydrogens (primary N) is 1. The minimum atomic E-state index is -4.83. The number of ether oxygens (including phenoxy) is 1. The summed E-state index contributed by atoms with van der Waals surface area (Å²) >= 11 is 0. The van der Waals surface area contributed by atoms with Crippen LogP contribution in [0.4, 0.5) is 19.1 Å². The first-order chi connectivity index (χ1) is 12.0. The number of H-pyrrole nitrogens is 1. The molecular formula is C12H14F3N5O6. The lowest BCUT2D eigenvalue weighted by molar-refractivity contribution is -0.140. The van der Waals surface area contributed by atoms with Gasteiger partial charge in [0.2, 0.25) is 5.95 Å². The van der Waals surface area contributed by atoms with E-state index in [1.807, 2.05) is 4.98 Å². The topological polar surface area (TPSA) is 169 Å². The van der Waals surface area contributed by atoms with Crippen molar-refractivity contribution >= 4 is 17.1 Å². The molecule has 0 spiro atoms. The number of nitrogens with one attached hydrogen (secondary N) is 1. The van der Waals surface area contributed by atoms with Crippen LogP contribution in [0.25, 0.3) is 11.2 Å². The summed E-state index contributed by atoms with van der Waals surface area (Å²) in [6.45, 7) is -2.51. The highest BCUT2D eigenvalue weighted by Gasteiger charge is 2.45. The van der Waals surface area contributed by atoms with Crippen molar-refractivity contribution < 1.29 is 33.2 Å². The third kappa shape index (κ3) is 2.86. The van der Waals surface area contributed by atoms with Gasteiger partial charge >= 0.3 is 11.9 Å². The monoisotopic (exact) mass is 381 g/mol. The maximum atomic E-state index is 12.8. The van der Waals surface area contributed by atoms with E-state index in [4.69, 9.17) is 15.6 Å². The van der Waals surface area contributed by atoms with Gasteiger partial charge in [0.15, 0.2) is 17.4 Å². The summed E-state index contributed by atoms with van der Waals surface area (Å²) in [6.07, 6.45) is -11.2. The fourth-order valence-electron chi connectivity index (χ4n) is 2.85. The second kappa shape index (κ2) is 6.08. The van der Waals surface area contributed by atoms with Crippen molar-refractivity contribution in [2.45, 2.75) is 37.3 Å². The van der Waals surface area contributed by atoms with E-state index < -0.39 is 72.2 Å². The highest BCUT2D eigenvalue weighted by molar-refractivity contribution is 5.71. The normalized spacial score (nSPS) is 26.7. The minimum absolute atomic E-state index is 0.120. The molecule has 14 heteroatoms. The second-order valence-electron chi connectivity index (χ2n) is 5.71. The number of nitrogens with zero attached hydrogens (tertiary/aromatic N) is 3. The number of aromatic nitrogens is 4. The van der Waals surface area contributed by atoms with Gasteiger partial charge < -0.3 is 25.8 Å². The van der Waals surface area contributed by atoms with Crippen LogP contribution in [0.1, 0.15) is 6.23 Å². The van der Waals surface area contributed by atoms with Crippen molar-refractivity contribution in [2.75, 3.05) is 12.3 Å². The van der Waals surface area contributed by atoms with Crippen LogP contribution >= 0.6 is 0 Å². The molecule has 0 amide bonds. The molecule has 11 nitrogen and oxygen atoms in total. The highest BCUT2D eigenvalue weighted by atomic mass is 19.4. The van der Waals surface area contributed by atoms with E-state index in [1.165, 1.54) is 0 Å². The molecule has 0 aromatic carbocycles. The lowest BCUT2D eigenvalue weighted by atomic mass is 10.1. The van der Waals surface area contributed by atoms with E-state index in [0.29, 0.717) is 4.57 Å². The molecule has 3 rings (SSSR count). The van der Waals surface area contributed by atoms with Crippen molar-refractivity contribution in [1.82, 2.24) is 19.1 Å². The molecule has 1 saturated heterocycles. The van der Waals surface area contributed by atoms with Gasteiger partial charge in [0.05, 0.1) is 6.61 Å². The predicted octanol–water partition coefficient (Wildman–Crippen LogP) is -2.36. The van der Waals surface area contributed by atoms with Crippen LogP contribution in [-0.4, -0.2) is 65.5 Å². The van der Waals surface area contributed by atoms with E-state index in [2.05, 4.69) is 4.98 Å². The van der Waals surface area contributed by atoms with Crippen molar-refractivity contribution in [1.29, 1.82) is 0 Å². The minimum Gasteiger partial charge on any atom is -0.394 e. The molecule has 26 heavy (non-hydrogen) atoms. The van der Waals surface area contributed by atoms with Crippen molar-refractivity contribution in [3.8, 4) is 0 Å². The molecule has 1 aliphatic rings. The average Bonchev–Trinajstić information content (AvgIpc) is 2.94. The zero-order chi connectivity index (χ0) is 19.4. The second-order valence-corrected chi connectivity index (χ2v) is 5.71. The van der Waals surface area contributed by atoms with Crippen LogP contribution < -0.4 is 17.0 Å². The Balaban J connectivity index is 2.28. The van der Waals surface area contributed by atoms with Crippen molar-refractivity contribution in [3.05, 3.63) is 20.8 Å². The highest BCUT2D eigenvalue weighted by Crippen LogP contribution is 2.30. The van der Waals surface area contributed by atoms with E-state index in [9.17, 15) is 33.0 Å². The van der Waals surface area contributed by atoms with Crippen molar-refractivity contribution in [3.63, 3.8) is 0 Å². The molecule has 0 aliphatic carbocycles. The van der Waals surface area contributed by atoms with Gasteiger partial charge in [0.25, 0.3) is 5.56 Å². The molecule has 0 radical (unpaired) electrons. The third-order valence-corrected chi connectivity index (χ3v) is 3.94. The maximum Gasteiger partial charge on any atom is 0.406 e. The van der Waals surface area contributed by atoms with Gasteiger partial charge in [-0.2, -0.15) is 18.2 Å². The fourth-order valence-corrected chi connectivity index (χ4v) is 2.85. The number of hydrogen-bond acceptors (Lipinski definition) is 8. The number of imidazole rings is 1. The summed E-state index contributed by atoms with van der Waals surface area (Å²) in [6, 6.07) is 0. The Kier molecular flexibility index (Phi) is 4.30. The Hall–Kier alpha value is -2.42. The molecule has 2 aromatic heterocycles. The summed E-state index contributed by atoms with van der Waals surface area (Å²) in [5.74, 6) is -0.479. The van der Waals surface area contributed by atoms with E-state index in [1.54, 1.807) is 0 Å². The van der Waals surface area contributed by atoms with Crippen LogP contribution in [0.2, 0.25) is 0 Å². The number of hydrogen-bond donors (Lipinski definition) is 5. The molecule has 1 aliphatic heterocycles. The summed E-state index contributed by atoms with van der Waals surface area (Å²) in [5.41, 5.74) is 1.66. The Bertz CT molecular complexity index is 950. The zero-order valence-electron chi connectivity index (χ0n) is 12.8. The SMILES string of the molecule is Nc1nc2c(c(=O)[nH]1)n(CC(F)(F)F)c(=O)n2[C@@H]1O[C@H](CO)[C@@H](O)[C@H]1O. The molecule has 0 saturated carbocycles. The van der Waals surface area contributed by atoms with Crippen molar-refractivity contribution in [2.24, 2.45) is 0 Å². The first-order valence-electron chi connectivity index (χ1n) is 7.25. The predicted molar refractivity (Wildman–Crippen MR) is 78.1 cm³/mol. The lowest BCUT2D eigenvalue weighted by Gasteiger charge is -2.15. The number of aromatic amines is 1. The van der Waals surface area contributed by atoms with E-state index in [-0.39, 0.29) is 4.57 Å². The van der Waals surface area contributed by atoms with Crippen LogP contribution in [0, 0.1) is 0 Å². The summed E-state index contributed by atoms with van der Waals surface area (Å²) in [5, 5.41) is 29.0. The van der Waals surface area contributed by atoms with Gasteiger partial charge in [0.1, 0.15) is 24.9 Å². The molecule has 2 aromatic rings. The number of anilines is 1. The van der Waals surface area contributed by atoms with E-state index >= 15 is 0 Å². The fraction of sp³-hybridized carbons (Fsp3) is 0.583. The molecule has 4 atom stereocenters. The molecule has 0 bridgehead atoms. The van der Waals surface area contributed by atoms with Crippen LogP contribution in [0.15, 0.2) is 9.59 Å². The van der Waals surface area contributed by atoms with Crippen LogP contribution in [0.5, 0.6) is 0 Å². The zero-order valence-corrected chi connectivity index (χ0v) is 12.8. The third-order valence-electron chi connectivity index (χ3n) is 3.94. The average molecular weight is 381 g/mol. The van der Waals surface area contributed by atoms with Gasteiger partial charge in [-0.1, -0.05) is 0 Å². The molecule has 1 fully saturated rings. The Morgan fingerprint density at radius 3 is 2.46 bits per heavy atom. The Morgan fingerprint density at radius 1 is 1.27 bits per heavy atom. The number of aliphatic hydroxyl groups excluding tert-OH is 3. The number of aliphatic hydroxyl groups is 3. The molecule has 0 unspecified atom stereocenters. The van der Waals surface area contributed by atoms with Crippen LogP contribution in [-0.2, 0) is 11.3 Å². The first kappa shape index (κ1) is 18.4. The molecule has 6 N–H and O–H groups in total. The quantitative estimate of drug-likeness (QED) is 0.393. The largest absolute Gasteiger partial charge is 0.406 e. The molecular weight excluding hydrogens is 367 g/mol. The smallest absolute Gasteiger partial charge is 0.394 e. The Morgan fingerprint density at radius 2 is 1.92 bits per heavy atom. The van der Waals surface area contributed by atoms with Gasteiger partial charge in [-0.05, 0) is 0 Å². The number of nitrogen functional groups attached to an aromatic ring is 1. The van der Waals surface area contributed by atoms with Gasteiger partial charge in [-0.3, -0.25) is 14.3 Å². The number of halogens is 3. The standard InChI is InChI=1S/C12H14F3N5O6/c13-12(14,15)2-19-4-7(17-10(16)18-8(4)24)20(11(19)25)9-6(23)5(22)3(1-21)26-9/h3,5-6,9,21-23H,1-2H2,(H3,16,17,18,24)/t3-,5-,6-,9-/m1/s1. The van der Waals surface area contributed by atoms with E-state index in [0.717, 1.165) is 0 Å². The molecule has 3 heterocycles.